The Morgan fingerprint density at radius 3 is 2.57 bits per heavy atom. The highest BCUT2D eigenvalue weighted by atomic mass is 16.4. The van der Waals surface area contributed by atoms with Gasteiger partial charge in [0.1, 0.15) is 0 Å². The Morgan fingerprint density at radius 2 is 1.90 bits per heavy atom. The van der Waals surface area contributed by atoms with E-state index in [1.54, 1.807) is 4.90 Å². The van der Waals surface area contributed by atoms with E-state index in [4.69, 9.17) is 5.11 Å². The molecule has 2 amide bonds. The van der Waals surface area contributed by atoms with Gasteiger partial charge in [-0.15, -0.1) is 0 Å². The highest BCUT2D eigenvalue weighted by Gasteiger charge is 2.26. The second kappa shape index (κ2) is 9.37. The summed E-state index contributed by atoms with van der Waals surface area (Å²) in [5.74, 6) is -0.775. The van der Waals surface area contributed by atoms with E-state index in [9.17, 15) is 14.4 Å². The lowest BCUT2D eigenvalue weighted by Crippen LogP contribution is -2.44. The van der Waals surface area contributed by atoms with E-state index in [-0.39, 0.29) is 24.2 Å². The number of likely N-dealkylation sites (tertiary alicyclic amines) is 1. The predicted molar refractivity (Wildman–Crippen MR) is 78.7 cm³/mol. The van der Waals surface area contributed by atoms with Gasteiger partial charge in [0.25, 0.3) is 0 Å². The Hall–Kier alpha value is -1.59. The van der Waals surface area contributed by atoms with E-state index < -0.39 is 5.97 Å². The number of piperidine rings is 1. The second-order valence-corrected chi connectivity index (χ2v) is 5.65. The van der Waals surface area contributed by atoms with Crippen molar-refractivity contribution in [2.45, 2.75) is 51.9 Å². The smallest absolute Gasteiger partial charge is 0.303 e. The topological polar surface area (TPSA) is 86.7 Å². The zero-order valence-corrected chi connectivity index (χ0v) is 12.8. The summed E-state index contributed by atoms with van der Waals surface area (Å²) in [5, 5.41) is 11.4. The van der Waals surface area contributed by atoms with Gasteiger partial charge in [-0.3, -0.25) is 14.4 Å². The van der Waals surface area contributed by atoms with Crippen LogP contribution < -0.4 is 5.32 Å². The van der Waals surface area contributed by atoms with Crippen molar-refractivity contribution in [3.8, 4) is 0 Å². The third-order valence-electron chi connectivity index (χ3n) is 3.85. The minimum atomic E-state index is -0.754. The van der Waals surface area contributed by atoms with E-state index >= 15 is 0 Å². The first-order valence-corrected chi connectivity index (χ1v) is 7.75. The van der Waals surface area contributed by atoms with Crippen LogP contribution in [0.4, 0.5) is 0 Å². The van der Waals surface area contributed by atoms with Crippen molar-refractivity contribution in [2.75, 3.05) is 19.6 Å². The van der Waals surface area contributed by atoms with Crippen molar-refractivity contribution in [1.82, 2.24) is 10.2 Å². The van der Waals surface area contributed by atoms with Crippen LogP contribution in [0.2, 0.25) is 0 Å². The number of nitrogens with zero attached hydrogens (tertiary/aromatic N) is 1. The molecule has 1 rings (SSSR count). The van der Waals surface area contributed by atoms with E-state index in [1.807, 2.05) is 0 Å². The lowest BCUT2D eigenvalue weighted by molar-refractivity contribution is -0.137. The summed E-state index contributed by atoms with van der Waals surface area (Å²) in [7, 11) is 0. The number of nitrogens with one attached hydrogen (secondary N) is 1. The summed E-state index contributed by atoms with van der Waals surface area (Å²) < 4.78 is 0. The number of rotatable bonds is 8. The van der Waals surface area contributed by atoms with Gasteiger partial charge in [-0.2, -0.15) is 0 Å². The Bertz CT molecular complexity index is 371. The number of carbonyl (C=O) groups excluding carboxylic acids is 2. The van der Waals surface area contributed by atoms with Crippen LogP contribution in [0, 0.1) is 5.92 Å². The van der Waals surface area contributed by atoms with Crippen molar-refractivity contribution in [2.24, 2.45) is 5.92 Å². The fraction of sp³-hybridized carbons (Fsp3) is 0.800. The molecule has 1 unspecified atom stereocenters. The number of hydrogen-bond acceptors (Lipinski definition) is 3. The van der Waals surface area contributed by atoms with Crippen LogP contribution in [-0.4, -0.2) is 47.4 Å². The van der Waals surface area contributed by atoms with Crippen molar-refractivity contribution < 1.29 is 19.5 Å². The number of carboxylic acid groups (broad SMARTS) is 1. The average molecular weight is 298 g/mol. The maximum atomic E-state index is 12.0. The Labute approximate surface area is 125 Å². The largest absolute Gasteiger partial charge is 0.481 e. The summed E-state index contributed by atoms with van der Waals surface area (Å²) in [6, 6.07) is 0. The molecule has 21 heavy (non-hydrogen) atoms. The lowest BCUT2D eigenvalue weighted by atomic mass is 9.97. The zero-order valence-electron chi connectivity index (χ0n) is 12.8. The first kappa shape index (κ1) is 17.5. The molecular weight excluding hydrogens is 272 g/mol. The number of aliphatic carboxylic acids is 1. The van der Waals surface area contributed by atoms with Gasteiger partial charge in [0.15, 0.2) is 0 Å². The van der Waals surface area contributed by atoms with Gasteiger partial charge in [-0.05, 0) is 25.7 Å². The van der Waals surface area contributed by atoms with Crippen LogP contribution >= 0.6 is 0 Å². The Morgan fingerprint density at radius 1 is 1.19 bits per heavy atom. The molecule has 0 bridgehead atoms. The van der Waals surface area contributed by atoms with Crippen LogP contribution in [0.3, 0.4) is 0 Å². The van der Waals surface area contributed by atoms with Crippen LogP contribution in [0.1, 0.15) is 51.9 Å². The molecule has 2 N–H and O–H groups in total. The number of amides is 2. The third-order valence-corrected chi connectivity index (χ3v) is 3.85. The molecule has 0 aromatic rings. The van der Waals surface area contributed by atoms with Crippen LogP contribution in [-0.2, 0) is 14.4 Å². The molecule has 0 aromatic heterocycles. The normalized spacial score (nSPS) is 18.3. The summed E-state index contributed by atoms with van der Waals surface area (Å²) in [5.41, 5.74) is 0. The molecular formula is C15H26N2O4. The summed E-state index contributed by atoms with van der Waals surface area (Å²) >= 11 is 0. The molecule has 1 fully saturated rings. The van der Waals surface area contributed by atoms with Crippen molar-refractivity contribution >= 4 is 17.8 Å². The summed E-state index contributed by atoms with van der Waals surface area (Å²) in [4.78, 5) is 35.4. The van der Waals surface area contributed by atoms with Crippen LogP contribution in [0.15, 0.2) is 0 Å². The molecule has 1 aliphatic heterocycles. The molecule has 1 heterocycles. The van der Waals surface area contributed by atoms with E-state index in [0.29, 0.717) is 19.5 Å². The SMILES string of the molecule is CC(=O)N1CCCC(C(=O)NCCCCCCC(=O)O)C1. The standard InChI is InChI=1S/C15H26N2O4/c1-12(18)17-10-6-7-13(11-17)15(21)16-9-5-3-2-4-8-14(19)20/h13H,2-11H2,1H3,(H,16,21)(H,19,20). The molecule has 1 aliphatic rings. The number of unbranched alkanes of at least 4 members (excludes halogenated alkanes) is 3. The van der Waals surface area contributed by atoms with E-state index in [1.165, 1.54) is 6.92 Å². The van der Waals surface area contributed by atoms with Gasteiger partial charge in [-0.1, -0.05) is 12.8 Å². The van der Waals surface area contributed by atoms with Gasteiger partial charge in [-0.25, -0.2) is 0 Å². The fourth-order valence-electron chi connectivity index (χ4n) is 2.59. The highest BCUT2D eigenvalue weighted by molar-refractivity contribution is 5.80. The number of carbonyl (C=O) groups is 3. The molecule has 6 heteroatoms. The maximum Gasteiger partial charge on any atom is 0.303 e. The van der Waals surface area contributed by atoms with E-state index in [0.717, 1.165) is 38.6 Å². The zero-order chi connectivity index (χ0) is 15.7. The molecule has 0 saturated carbocycles. The van der Waals surface area contributed by atoms with Crippen molar-refractivity contribution in [1.29, 1.82) is 0 Å². The molecule has 120 valence electrons. The van der Waals surface area contributed by atoms with Crippen molar-refractivity contribution in [3.63, 3.8) is 0 Å². The van der Waals surface area contributed by atoms with Gasteiger partial charge in [0, 0.05) is 33.0 Å². The minimum absolute atomic E-state index is 0.0333. The Balaban J connectivity index is 2.10. The number of carboxylic acids is 1. The first-order chi connectivity index (χ1) is 10.0. The Kier molecular flexibility index (Phi) is 7.79. The molecule has 0 aliphatic carbocycles. The predicted octanol–water partition coefficient (Wildman–Crippen LogP) is 1.40. The molecule has 1 saturated heterocycles. The number of hydrogen-bond donors (Lipinski definition) is 2. The van der Waals surface area contributed by atoms with E-state index in [2.05, 4.69) is 5.32 Å². The minimum Gasteiger partial charge on any atom is -0.481 e. The lowest BCUT2D eigenvalue weighted by Gasteiger charge is -2.31. The van der Waals surface area contributed by atoms with Crippen LogP contribution in [0.25, 0.3) is 0 Å². The highest BCUT2D eigenvalue weighted by Crippen LogP contribution is 2.16. The maximum absolute atomic E-state index is 12.0. The van der Waals surface area contributed by atoms with Gasteiger partial charge >= 0.3 is 5.97 Å². The quantitative estimate of drug-likeness (QED) is 0.663. The third kappa shape index (κ3) is 7.11. The van der Waals surface area contributed by atoms with Crippen molar-refractivity contribution in [3.05, 3.63) is 0 Å². The molecule has 1 atom stereocenters. The molecule has 0 radical (unpaired) electrons. The van der Waals surface area contributed by atoms with Gasteiger partial charge in [0.05, 0.1) is 5.92 Å². The van der Waals surface area contributed by atoms with Gasteiger partial charge in [0.2, 0.25) is 11.8 Å². The molecule has 6 nitrogen and oxygen atoms in total. The fourth-order valence-corrected chi connectivity index (χ4v) is 2.59. The molecule has 0 aromatic carbocycles. The van der Waals surface area contributed by atoms with Gasteiger partial charge < -0.3 is 15.3 Å². The molecule has 0 spiro atoms. The second-order valence-electron chi connectivity index (χ2n) is 5.65. The monoisotopic (exact) mass is 298 g/mol. The first-order valence-electron chi connectivity index (χ1n) is 7.75. The average Bonchev–Trinajstić information content (AvgIpc) is 2.45. The summed E-state index contributed by atoms with van der Waals surface area (Å²) in [6.45, 7) is 3.45. The van der Waals surface area contributed by atoms with Crippen LogP contribution in [0.5, 0.6) is 0 Å². The summed E-state index contributed by atoms with van der Waals surface area (Å²) in [6.07, 6.45) is 5.31.